The van der Waals surface area contributed by atoms with Gasteiger partial charge in [0.15, 0.2) is 6.61 Å². The summed E-state index contributed by atoms with van der Waals surface area (Å²) in [7, 11) is 0. The first kappa shape index (κ1) is 18.8. The van der Waals surface area contributed by atoms with Gasteiger partial charge in [-0.05, 0) is 30.4 Å². The van der Waals surface area contributed by atoms with E-state index in [0.717, 1.165) is 22.8 Å². The van der Waals surface area contributed by atoms with Gasteiger partial charge in [-0.1, -0.05) is 23.7 Å². The standard InChI is InChI=1S/C17H14ClF3N2O2S/c18-12-8-11(9-22-15(12)25-10-17(19,20)21)16(24)23-6-3-7-26-14-5-2-1-4-13(14)23/h1-2,4-5,8-9H,3,6-7,10H2. The average Bonchev–Trinajstić information content (AvgIpc) is 2.81. The van der Waals surface area contributed by atoms with E-state index < -0.39 is 12.8 Å². The first-order valence-corrected chi connectivity index (χ1v) is 9.10. The van der Waals surface area contributed by atoms with Crippen LogP contribution in [0.5, 0.6) is 5.88 Å². The zero-order chi connectivity index (χ0) is 18.7. The topological polar surface area (TPSA) is 42.4 Å². The number of carbonyl (C=O) groups excluding carboxylic acids is 1. The van der Waals surface area contributed by atoms with Crippen LogP contribution in [0.3, 0.4) is 0 Å². The number of alkyl halides is 3. The fraction of sp³-hybridized carbons (Fsp3) is 0.294. The average molecular weight is 403 g/mol. The van der Waals surface area contributed by atoms with Gasteiger partial charge in [0, 0.05) is 17.6 Å². The lowest BCUT2D eigenvalue weighted by Gasteiger charge is -2.22. The molecular formula is C17H14ClF3N2O2S. The van der Waals surface area contributed by atoms with Crippen LogP contribution in [0, 0.1) is 0 Å². The van der Waals surface area contributed by atoms with E-state index in [4.69, 9.17) is 11.6 Å². The van der Waals surface area contributed by atoms with E-state index in [2.05, 4.69) is 9.72 Å². The molecule has 0 N–H and O–H groups in total. The molecule has 0 radical (unpaired) electrons. The van der Waals surface area contributed by atoms with E-state index in [1.165, 1.54) is 12.3 Å². The summed E-state index contributed by atoms with van der Waals surface area (Å²) in [5.74, 6) is 0.230. The number of fused-ring (bicyclic) bond motifs is 1. The number of rotatable bonds is 3. The minimum Gasteiger partial charge on any atom is -0.467 e. The van der Waals surface area contributed by atoms with Crippen molar-refractivity contribution in [2.45, 2.75) is 17.5 Å². The molecule has 4 nitrogen and oxygen atoms in total. The first-order valence-electron chi connectivity index (χ1n) is 7.74. The lowest BCUT2D eigenvalue weighted by molar-refractivity contribution is -0.154. The van der Waals surface area contributed by atoms with Crippen molar-refractivity contribution in [1.82, 2.24) is 4.98 Å². The van der Waals surface area contributed by atoms with Crippen LogP contribution in [0.1, 0.15) is 16.8 Å². The van der Waals surface area contributed by atoms with Crippen LogP contribution in [0.25, 0.3) is 0 Å². The third kappa shape index (κ3) is 4.42. The van der Waals surface area contributed by atoms with Crippen LogP contribution in [0.4, 0.5) is 18.9 Å². The zero-order valence-electron chi connectivity index (χ0n) is 13.4. The second-order valence-electron chi connectivity index (χ2n) is 5.54. The van der Waals surface area contributed by atoms with Gasteiger partial charge in [0.25, 0.3) is 5.91 Å². The number of ether oxygens (including phenoxy) is 1. The van der Waals surface area contributed by atoms with Crippen molar-refractivity contribution in [1.29, 1.82) is 0 Å². The summed E-state index contributed by atoms with van der Waals surface area (Å²) in [6, 6.07) is 8.85. The Balaban J connectivity index is 1.83. The molecule has 9 heteroatoms. The summed E-state index contributed by atoms with van der Waals surface area (Å²) >= 11 is 7.62. The molecular weight excluding hydrogens is 389 g/mol. The number of benzene rings is 1. The summed E-state index contributed by atoms with van der Waals surface area (Å²) in [5.41, 5.74) is 0.990. The highest BCUT2D eigenvalue weighted by atomic mass is 35.5. The lowest BCUT2D eigenvalue weighted by Crippen LogP contribution is -2.32. The van der Waals surface area contributed by atoms with E-state index in [9.17, 15) is 18.0 Å². The van der Waals surface area contributed by atoms with Crippen LogP contribution in [-0.2, 0) is 0 Å². The van der Waals surface area contributed by atoms with Crippen molar-refractivity contribution in [3.63, 3.8) is 0 Å². The Morgan fingerprint density at radius 3 is 2.85 bits per heavy atom. The van der Waals surface area contributed by atoms with Crippen LogP contribution >= 0.6 is 23.4 Å². The van der Waals surface area contributed by atoms with Crippen molar-refractivity contribution < 1.29 is 22.7 Å². The molecule has 3 rings (SSSR count). The number of thioether (sulfide) groups is 1. The number of para-hydroxylation sites is 1. The van der Waals surface area contributed by atoms with Gasteiger partial charge in [0.2, 0.25) is 5.88 Å². The van der Waals surface area contributed by atoms with Crippen molar-refractivity contribution in [2.24, 2.45) is 0 Å². The molecule has 1 aromatic carbocycles. The van der Waals surface area contributed by atoms with Gasteiger partial charge >= 0.3 is 6.18 Å². The number of halogens is 4. The molecule has 0 saturated heterocycles. The van der Waals surface area contributed by atoms with Crippen LogP contribution in [0.15, 0.2) is 41.4 Å². The minimum absolute atomic E-state index is 0.141. The van der Waals surface area contributed by atoms with Gasteiger partial charge in [-0.15, -0.1) is 11.8 Å². The monoisotopic (exact) mass is 402 g/mol. The summed E-state index contributed by atoms with van der Waals surface area (Å²) in [6.45, 7) is -0.962. The molecule has 0 saturated carbocycles. The second kappa shape index (κ2) is 7.75. The number of hydrogen-bond donors (Lipinski definition) is 0. The van der Waals surface area contributed by atoms with Crippen molar-refractivity contribution >= 4 is 35.0 Å². The Morgan fingerprint density at radius 1 is 1.35 bits per heavy atom. The van der Waals surface area contributed by atoms with Gasteiger partial charge < -0.3 is 9.64 Å². The number of pyridine rings is 1. The Labute approximate surface area is 157 Å². The van der Waals surface area contributed by atoms with E-state index in [1.54, 1.807) is 16.7 Å². The maximum atomic E-state index is 12.9. The second-order valence-corrected chi connectivity index (χ2v) is 7.09. The predicted octanol–water partition coefficient (Wildman–Crippen LogP) is 4.82. The molecule has 0 aliphatic carbocycles. The third-order valence-corrected chi connectivity index (χ3v) is 5.03. The Bertz CT molecular complexity index is 817. The molecule has 0 unspecified atom stereocenters. The van der Waals surface area contributed by atoms with Crippen LogP contribution in [0.2, 0.25) is 5.02 Å². The van der Waals surface area contributed by atoms with Crippen LogP contribution < -0.4 is 9.64 Å². The molecule has 2 heterocycles. The SMILES string of the molecule is O=C(c1cnc(OCC(F)(F)F)c(Cl)c1)N1CCCSc2ccccc21. The molecule has 2 aromatic rings. The number of carbonyl (C=O) groups is 1. The summed E-state index contributed by atoms with van der Waals surface area (Å²) in [5, 5.41) is -0.141. The van der Waals surface area contributed by atoms with Gasteiger partial charge in [-0.2, -0.15) is 13.2 Å². The van der Waals surface area contributed by atoms with E-state index in [0.29, 0.717) is 6.54 Å². The number of hydrogen-bond acceptors (Lipinski definition) is 4. The molecule has 138 valence electrons. The molecule has 1 aromatic heterocycles. The summed E-state index contributed by atoms with van der Waals surface area (Å²) < 4.78 is 41.3. The largest absolute Gasteiger partial charge is 0.467 e. The van der Waals surface area contributed by atoms with E-state index in [-0.39, 0.29) is 22.4 Å². The minimum atomic E-state index is -4.49. The lowest BCUT2D eigenvalue weighted by atomic mass is 10.2. The number of nitrogens with zero attached hydrogens (tertiary/aromatic N) is 2. The smallest absolute Gasteiger partial charge is 0.422 e. The third-order valence-electron chi connectivity index (χ3n) is 3.61. The van der Waals surface area contributed by atoms with Crippen LogP contribution in [-0.4, -0.2) is 36.0 Å². The molecule has 0 bridgehead atoms. The fourth-order valence-corrected chi connectivity index (χ4v) is 3.71. The first-order chi connectivity index (χ1) is 12.3. The van der Waals surface area contributed by atoms with Gasteiger partial charge in [-0.3, -0.25) is 4.79 Å². The maximum Gasteiger partial charge on any atom is 0.422 e. The quantitative estimate of drug-likeness (QED) is 0.738. The predicted molar refractivity (Wildman–Crippen MR) is 94.3 cm³/mol. The van der Waals surface area contributed by atoms with Crippen molar-refractivity contribution in [3.8, 4) is 5.88 Å². The molecule has 0 atom stereocenters. The molecule has 0 spiro atoms. The highest BCUT2D eigenvalue weighted by molar-refractivity contribution is 7.99. The molecule has 1 aliphatic heterocycles. The summed E-state index contributed by atoms with van der Waals surface area (Å²) in [4.78, 5) is 19.3. The fourth-order valence-electron chi connectivity index (χ4n) is 2.49. The maximum absolute atomic E-state index is 12.9. The van der Waals surface area contributed by atoms with E-state index in [1.807, 2.05) is 24.3 Å². The molecule has 1 aliphatic rings. The van der Waals surface area contributed by atoms with E-state index >= 15 is 0 Å². The van der Waals surface area contributed by atoms with Gasteiger partial charge in [0.05, 0.1) is 11.3 Å². The highest BCUT2D eigenvalue weighted by Gasteiger charge is 2.29. The van der Waals surface area contributed by atoms with Gasteiger partial charge in [-0.25, -0.2) is 4.98 Å². The molecule has 1 amide bonds. The van der Waals surface area contributed by atoms with Crippen molar-refractivity contribution in [2.75, 3.05) is 23.8 Å². The van der Waals surface area contributed by atoms with Gasteiger partial charge in [0.1, 0.15) is 5.02 Å². The number of amides is 1. The zero-order valence-corrected chi connectivity index (χ0v) is 15.0. The number of anilines is 1. The molecule has 26 heavy (non-hydrogen) atoms. The molecule has 0 fully saturated rings. The highest BCUT2D eigenvalue weighted by Crippen LogP contribution is 2.34. The Kier molecular flexibility index (Phi) is 5.62. The van der Waals surface area contributed by atoms with Crippen molar-refractivity contribution in [3.05, 3.63) is 47.1 Å². The Hall–Kier alpha value is -1.93. The summed E-state index contributed by atoms with van der Waals surface area (Å²) in [6.07, 6.45) is -2.49. The number of aromatic nitrogens is 1. The normalized spacial score (nSPS) is 14.5. The Morgan fingerprint density at radius 2 is 2.12 bits per heavy atom.